The third-order valence-electron chi connectivity index (χ3n) is 4.11. The number of anilines is 1. The molecule has 1 aromatic carbocycles. The molecular weight excluding hydrogens is 280 g/mol. The van der Waals surface area contributed by atoms with Crippen LogP contribution in [0.3, 0.4) is 0 Å². The molecule has 3 rings (SSSR count). The van der Waals surface area contributed by atoms with Crippen molar-refractivity contribution in [1.82, 2.24) is 10.2 Å². The maximum atomic E-state index is 12.5. The number of carbonyl (C=O) groups excluding carboxylic acids is 2. The van der Waals surface area contributed by atoms with Crippen molar-refractivity contribution in [2.45, 2.75) is 37.8 Å². The van der Waals surface area contributed by atoms with Gasteiger partial charge in [0.2, 0.25) is 0 Å². The van der Waals surface area contributed by atoms with Crippen molar-refractivity contribution in [2.75, 3.05) is 18.4 Å². The second kappa shape index (κ2) is 6.36. The van der Waals surface area contributed by atoms with Gasteiger partial charge in [-0.25, -0.2) is 4.79 Å². The van der Waals surface area contributed by atoms with Gasteiger partial charge in [0.25, 0.3) is 5.91 Å². The van der Waals surface area contributed by atoms with Crippen LogP contribution in [-0.2, 0) is 0 Å². The van der Waals surface area contributed by atoms with Crippen LogP contribution >= 0.6 is 0 Å². The molecule has 118 valence electrons. The number of nitrogens with zero attached hydrogens (tertiary/aromatic N) is 1. The van der Waals surface area contributed by atoms with E-state index in [4.69, 9.17) is 5.73 Å². The minimum Gasteiger partial charge on any atom is -0.339 e. The molecule has 0 spiro atoms. The summed E-state index contributed by atoms with van der Waals surface area (Å²) < 4.78 is 0. The molecule has 6 nitrogen and oxygen atoms in total. The quantitative estimate of drug-likeness (QED) is 0.791. The molecule has 2 aliphatic rings. The summed E-state index contributed by atoms with van der Waals surface area (Å²) in [4.78, 5) is 26.1. The first-order valence-electron chi connectivity index (χ1n) is 7.84. The molecule has 0 aromatic heterocycles. The molecule has 1 aliphatic heterocycles. The van der Waals surface area contributed by atoms with Gasteiger partial charge in [-0.1, -0.05) is 6.07 Å². The lowest BCUT2D eigenvalue weighted by Crippen LogP contribution is -2.42. The Morgan fingerprint density at radius 2 is 1.86 bits per heavy atom. The lowest BCUT2D eigenvalue weighted by molar-refractivity contribution is 0.0715. The van der Waals surface area contributed by atoms with Crippen LogP contribution in [0.2, 0.25) is 0 Å². The van der Waals surface area contributed by atoms with E-state index in [0.29, 0.717) is 30.4 Å². The summed E-state index contributed by atoms with van der Waals surface area (Å²) in [5.74, 6) is -0.00171. The predicted octanol–water partition coefficient (Wildman–Crippen LogP) is 1.53. The number of nitrogens with one attached hydrogen (secondary N) is 2. The number of amides is 3. The average molecular weight is 302 g/mol. The highest BCUT2D eigenvalue weighted by atomic mass is 16.2. The Labute approximate surface area is 130 Å². The average Bonchev–Trinajstić information content (AvgIpc) is 3.31. The van der Waals surface area contributed by atoms with Crippen LogP contribution in [0.25, 0.3) is 0 Å². The molecule has 6 heteroatoms. The number of urea groups is 1. The summed E-state index contributed by atoms with van der Waals surface area (Å²) in [6.45, 7) is 1.39. The molecule has 0 radical (unpaired) electrons. The molecule has 2 fully saturated rings. The number of benzene rings is 1. The van der Waals surface area contributed by atoms with Crippen molar-refractivity contribution in [2.24, 2.45) is 5.73 Å². The number of nitrogens with two attached hydrogens (primary N) is 1. The van der Waals surface area contributed by atoms with Crippen molar-refractivity contribution in [3.8, 4) is 0 Å². The zero-order chi connectivity index (χ0) is 15.5. The molecule has 0 atom stereocenters. The third-order valence-corrected chi connectivity index (χ3v) is 4.11. The molecule has 1 saturated carbocycles. The van der Waals surface area contributed by atoms with E-state index in [2.05, 4.69) is 10.6 Å². The van der Waals surface area contributed by atoms with Crippen molar-refractivity contribution in [3.63, 3.8) is 0 Å². The Kier molecular flexibility index (Phi) is 4.29. The smallest absolute Gasteiger partial charge is 0.319 e. The van der Waals surface area contributed by atoms with Crippen molar-refractivity contribution in [3.05, 3.63) is 29.8 Å². The zero-order valence-corrected chi connectivity index (χ0v) is 12.5. The lowest BCUT2D eigenvalue weighted by Gasteiger charge is -2.30. The van der Waals surface area contributed by atoms with Crippen LogP contribution < -0.4 is 16.4 Å². The van der Waals surface area contributed by atoms with E-state index in [0.717, 1.165) is 25.7 Å². The van der Waals surface area contributed by atoms with Crippen LogP contribution in [0.15, 0.2) is 24.3 Å². The summed E-state index contributed by atoms with van der Waals surface area (Å²) in [6.07, 6.45) is 3.77. The van der Waals surface area contributed by atoms with Crippen molar-refractivity contribution >= 4 is 17.6 Å². The number of carbonyl (C=O) groups is 2. The normalized spacial score (nSPS) is 18.9. The molecule has 3 amide bonds. The van der Waals surface area contributed by atoms with Gasteiger partial charge in [-0.05, 0) is 43.9 Å². The Hall–Kier alpha value is -2.08. The highest BCUT2D eigenvalue weighted by Gasteiger charge is 2.24. The number of hydrogen-bond acceptors (Lipinski definition) is 3. The van der Waals surface area contributed by atoms with E-state index in [1.165, 1.54) is 0 Å². The number of piperidine rings is 1. The minimum absolute atomic E-state index is 0.00171. The van der Waals surface area contributed by atoms with Crippen LogP contribution in [0, 0.1) is 0 Å². The second-order valence-corrected chi connectivity index (χ2v) is 6.08. The fourth-order valence-corrected chi connectivity index (χ4v) is 2.60. The molecule has 0 bridgehead atoms. The fraction of sp³-hybridized carbons (Fsp3) is 0.500. The van der Waals surface area contributed by atoms with Crippen LogP contribution in [0.5, 0.6) is 0 Å². The molecule has 1 aliphatic carbocycles. The van der Waals surface area contributed by atoms with Crippen LogP contribution in [-0.4, -0.2) is 42.0 Å². The Balaban J connectivity index is 1.62. The topological polar surface area (TPSA) is 87.5 Å². The molecule has 1 aromatic rings. The fourth-order valence-electron chi connectivity index (χ4n) is 2.60. The van der Waals surface area contributed by atoms with Gasteiger partial charge < -0.3 is 21.3 Å². The summed E-state index contributed by atoms with van der Waals surface area (Å²) >= 11 is 0. The first-order valence-corrected chi connectivity index (χ1v) is 7.84. The maximum absolute atomic E-state index is 12.5. The molecule has 4 N–H and O–H groups in total. The first kappa shape index (κ1) is 14.8. The minimum atomic E-state index is -0.212. The van der Waals surface area contributed by atoms with Gasteiger partial charge in [0.15, 0.2) is 0 Å². The third kappa shape index (κ3) is 3.76. The second-order valence-electron chi connectivity index (χ2n) is 6.08. The molecular formula is C16H22N4O2. The van der Waals surface area contributed by atoms with Crippen LogP contribution in [0.4, 0.5) is 10.5 Å². The number of rotatable bonds is 3. The number of likely N-dealkylation sites (tertiary alicyclic amines) is 1. The summed E-state index contributed by atoms with van der Waals surface area (Å²) in [6, 6.07) is 7.37. The first-order chi connectivity index (χ1) is 10.6. The standard InChI is InChI=1S/C16H22N4O2/c17-12-6-8-20(9-7-12)15(21)11-2-1-3-14(10-11)19-16(22)18-13-4-5-13/h1-3,10,12-13H,4-9,17H2,(H2,18,19,22). The maximum Gasteiger partial charge on any atom is 0.319 e. The Morgan fingerprint density at radius 3 is 2.55 bits per heavy atom. The van der Waals surface area contributed by atoms with Gasteiger partial charge >= 0.3 is 6.03 Å². The monoisotopic (exact) mass is 302 g/mol. The van der Waals surface area contributed by atoms with Crippen molar-refractivity contribution in [1.29, 1.82) is 0 Å². The predicted molar refractivity (Wildman–Crippen MR) is 84.7 cm³/mol. The highest BCUT2D eigenvalue weighted by Crippen LogP contribution is 2.19. The molecule has 1 heterocycles. The molecule has 1 saturated heterocycles. The van der Waals surface area contributed by atoms with Gasteiger partial charge in [0.1, 0.15) is 0 Å². The molecule has 22 heavy (non-hydrogen) atoms. The van der Waals surface area contributed by atoms with E-state index >= 15 is 0 Å². The lowest BCUT2D eigenvalue weighted by atomic mass is 10.0. The molecule has 0 unspecified atom stereocenters. The van der Waals surface area contributed by atoms with E-state index in [1.807, 2.05) is 4.90 Å². The Bertz CT molecular complexity index is 563. The largest absolute Gasteiger partial charge is 0.339 e. The van der Waals surface area contributed by atoms with E-state index < -0.39 is 0 Å². The summed E-state index contributed by atoms with van der Waals surface area (Å²) in [5, 5.41) is 5.64. The van der Waals surface area contributed by atoms with Gasteiger partial charge in [0, 0.05) is 36.4 Å². The summed E-state index contributed by atoms with van der Waals surface area (Å²) in [7, 11) is 0. The zero-order valence-electron chi connectivity index (χ0n) is 12.5. The van der Waals surface area contributed by atoms with Gasteiger partial charge in [-0.15, -0.1) is 0 Å². The Morgan fingerprint density at radius 1 is 1.14 bits per heavy atom. The van der Waals surface area contributed by atoms with Gasteiger partial charge in [-0.3, -0.25) is 4.79 Å². The van der Waals surface area contributed by atoms with E-state index in [9.17, 15) is 9.59 Å². The van der Waals surface area contributed by atoms with E-state index in [-0.39, 0.29) is 18.0 Å². The van der Waals surface area contributed by atoms with Gasteiger partial charge in [-0.2, -0.15) is 0 Å². The van der Waals surface area contributed by atoms with Crippen molar-refractivity contribution < 1.29 is 9.59 Å². The van der Waals surface area contributed by atoms with E-state index in [1.54, 1.807) is 24.3 Å². The number of hydrogen-bond donors (Lipinski definition) is 3. The highest BCUT2D eigenvalue weighted by molar-refractivity contribution is 5.97. The van der Waals surface area contributed by atoms with Crippen LogP contribution in [0.1, 0.15) is 36.0 Å². The summed E-state index contributed by atoms with van der Waals surface area (Å²) in [5.41, 5.74) is 7.10. The van der Waals surface area contributed by atoms with Gasteiger partial charge in [0.05, 0.1) is 0 Å². The SMILES string of the molecule is NC1CCN(C(=O)c2cccc(NC(=O)NC3CC3)c2)CC1.